The normalized spacial score (nSPS) is 19.8. The van der Waals surface area contributed by atoms with Crippen molar-refractivity contribution >= 4 is 0 Å². The van der Waals surface area contributed by atoms with E-state index in [1.165, 1.54) is 25.6 Å². The summed E-state index contributed by atoms with van der Waals surface area (Å²) in [7, 11) is 3.03. The van der Waals surface area contributed by atoms with Crippen LogP contribution in [-0.4, -0.2) is 24.2 Å². The van der Waals surface area contributed by atoms with Gasteiger partial charge in [-0.25, -0.2) is 14.4 Å². The molecule has 1 heterocycles. The first-order chi connectivity index (χ1) is 12.0. The lowest BCUT2D eigenvalue weighted by Crippen LogP contribution is -2.39. The summed E-state index contributed by atoms with van der Waals surface area (Å²) in [5.74, 6) is 0.594. The Morgan fingerprint density at radius 2 is 1.96 bits per heavy atom. The Morgan fingerprint density at radius 3 is 2.64 bits per heavy atom. The fraction of sp³-hybridized carbons (Fsp3) is 0.222. The molecule has 0 fully saturated rings. The van der Waals surface area contributed by atoms with Crippen LogP contribution < -0.4 is 16.2 Å². The van der Waals surface area contributed by atoms with Crippen molar-refractivity contribution < 1.29 is 13.9 Å². The molecule has 1 aliphatic rings. The predicted molar refractivity (Wildman–Crippen MR) is 91.8 cm³/mol. The third-order valence-electron chi connectivity index (χ3n) is 4.13. The minimum absolute atomic E-state index is 0.365. The van der Waals surface area contributed by atoms with Crippen molar-refractivity contribution in [3.05, 3.63) is 65.7 Å². The van der Waals surface area contributed by atoms with Crippen LogP contribution in [0.4, 0.5) is 4.39 Å². The molecule has 1 aromatic heterocycles. The molecule has 2 aromatic rings. The summed E-state index contributed by atoms with van der Waals surface area (Å²) in [5.41, 5.74) is 14.0. The van der Waals surface area contributed by atoms with Gasteiger partial charge in [0, 0.05) is 18.1 Å². The van der Waals surface area contributed by atoms with Gasteiger partial charge >= 0.3 is 0 Å². The number of aromatic nitrogens is 2. The van der Waals surface area contributed by atoms with E-state index in [2.05, 4.69) is 9.97 Å². The van der Waals surface area contributed by atoms with E-state index in [1.807, 2.05) is 0 Å². The summed E-state index contributed by atoms with van der Waals surface area (Å²) in [5, 5.41) is 0. The number of hydrogen-bond donors (Lipinski definition) is 2. The summed E-state index contributed by atoms with van der Waals surface area (Å²) in [6, 6.07) is 6.02. The van der Waals surface area contributed by atoms with Crippen molar-refractivity contribution in [2.24, 2.45) is 11.5 Å². The van der Waals surface area contributed by atoms with E-state index in [4.69, 9.17) is 20.9 Å². The van der Waals surface area contributed by atoms with Crippen LogP contribution in [0.15, 0.2) is 54.2 Å². The minimum atomic E-state index is -0.878. The van der Waals surface area contributed by atoms with Crippen LogP contribution >= 0.6 is 0 Å². The second-order valence-electron chi connectivity index (χ2n) is 5.78. The van der Waals surface area contributed by atoms with Gasteiger partial charge in [0.15, 0.2) is 0 Å². The zero-order valence-corrected chi connectivity index (χ0v) is 14.0. The van der Waals surface area contributed by atoms with Crippen LogP contribution in [0.2, 0.25) is 0 Å². The number of ether oxygens (including phenoxy) is 2. The van der Waals surface area contributed by atoms with Gasteiger partial charge in [-0.3, -0.25) is 0 Å². The molecule has 0 radical (unpaired) electrons. The second kappa shape index (κ2) is 6.52. The maximum absolute atomic E-state index is 13.4. The molecule has 6 nitrogen and oxygen atoms in total. The van der Waals surface area contributed by atoms with E-state index in [9.17, 15) is 4.39 Å². The zero-order chi connectivity index (χ0) is 18.0. The van der Waals surface area contributed by atoms with E-state index in [0.29, 0.717) is 40.6 Å². The number of nitrogens with zero attached hydrogens (tertiary/aromatic N) is 2. The van der Waals surface area contributed by atoms with Crippen molar-refractivity contribution in [1.82, 2.24) is 9.97 Å². The molecule has 1 atom stereocenters. The van der Waals surface area contributed by atoms with Crippen LogP contribution in [0, 0.1) is 5.82 Å². The van der Waals surface area contributed by atoms with Gasteiger partial charge in [-0.15, -0.1) is 0 Å². The molecule has 0 aliphatic heterocycles. The highest BCUT2D eigenvalue weighted by atomic mass is 19.1. The van der Waals surface area contributed by atoms with Crippen LogP contribution in [-0.2, 0) is 10.3 Å². The molecule has 0 saturated heterocycles. The highest BCUT2D eigenvalue weighted by Crippen LogP contribution is 2.34. The number of hydrogen-bond acceptors (Lipinski definition) is 6. The van der Waals surface area contributed by atoms with Gasteiger partial charge in [0.25, 0.3) is 0 Å². The standard InChI is InChI=1S/C18H19FN4O2/c1-24-15-5-6-18(21,9-13(15)20)17-8-14(22-10-23-17)12-4-3-11(19)7-16(12)25-2/h3-8,10H,9,20-21H2,1-2H3. The number of methoxy groups -OCH3 is 2. The molecular weight excluding hydrogens is 323 g/mol. The van der Waals surface area contributed by atoms with E-state index >= 15 is 0 Å². The Hall–Kier alpha value is -2.93. The molecule has 7 heteroatoms. The summed E-state index contributed by atoms with van der Waals surface area (Å²) < 4.78 is 23.9. The Balaban J connectivity index is 2.01. The summed E-state index contributed by atoms with van der Waals surface area (Å²) in [6.45, 7) is 0. The van der Waals surface area contributed by atoms with Crippen LogP contribution in [0.1, 0.15) is 12.1 Å². The van der Waals surface area contributed by atoms with Gasteiger partial charge in [-0.2, -0.15) is 0 Å². The van der Waals surface area contributed by atoms with Crippen molar-refractivity contribution in [3.63, 3.8) is 0 Å². The fourth-order valence-electron chi connectivity index (χ4n) is 2.80. The Bertz CT molecular complexity index is 866. The fourth-order valence-corrected chi connectivity index (χ4v) is 2.80. The molecule has 25 heavy (non-hydrogen) atoms. The summed E-state index contributed by atoms with van der Waals surface area (Å²) in [6.07, 6.45) is 5.32. The molecule has 1 unspecified atom stereocenters. The highest BCUT2D eigenvalue weighted by molar-refractivity contribution is 5.67. The molecule has 1 aliphatic carbocycles. The largest absolute Gasteiger partial charge is 0.496 e. The maximum atomic E-state index is 13.4. The molecule has 0 amide bonds. The molecular formula is C18H19FN4O2. The van der Waals surface area contributed by atoms with E-state index in [0.717, 1.165) is 0 Å². The number of halogens is 1. The number of nitrogens with two attached hydrogens (primary N) is 2. The average Bonchev–Trinajstić information content (AvgIpc) is 2.62. The Kier molecular flexibility index (Phi) is 4.41. The Labute approximate surface area is 145 Å². The van der Waals surface area contributed by atoms with Gasteiger partial charge < -0.3 is 20.9 Å². The Morgan fingerprint density at radius 1 is 1.16 bits per heavy atom. The molecule has 3 rings (SSSR count). The van der Waals surface area contributed by atoms with Crippen molar-refractivity contribution in [2.75, 3.05) is 14.2 Å². The summed E-state index contributed by atoms with van der Waals surface area (Å²) >= 11 is 0. The second-order valence-corrected chi connectivity index (χ2v) is 5.78. The molecule has 130 valence electrons. The van der Waals surface area contributed by atoms with E-state index < -0.39 is 5.54 Å². The van der Waals surface area contributed by atoms with Gasteiger partial charge in [-0.05, 0) is 24.3 Å². The van der Waals surface area contributed by atoms with Gasteiger partial charge in [0.2, 0.25) is 0 Å². The number of rotatable bonds is 4. The first kappa shape index (κ1) is 16.9. The van der Waals surface area contributed by atoms with Crippen molar-refractivity contribution in [1.29, 1.82) is 0 Å². The SMILES string of the molecule is COC1=C(N)CC(N)(c2cc(-c3ccc(F)cc3OC)ncn2)C=C1. The topological polar surface area (TPSA) is 96.3 Å². The lowest BCUT2D eigenvalue weighted by atomic mass is 9.86. The van der Waals surface area contributed by atoms with Gasteiger partial charge in [0.1, 0.15) is 23.7 Å². The molecule has 1 aromatic carbocycles. The minimum Gasteiger partial charge on any atom is -0.496 e. The summed E-state index contributed by atoms with van der Waals surface area (Å²) in [4.78, 5) is 8.56. The molecule has 0 bridgehead atoms. The number of allylic oxidation sites excluding steroid dienone is 1. The van der Waals surface area contributed by atoms with Crippen molar-refractivity contribution in [2.45, 2.75) is 12.0 Å². The van der Waals surface area contributed by atoms with E-state index in [1.54, 1.807) is 31.4 Å². The molecule has 0 saturated carbocycles. The lowest BCUT2D eigenvalue weighted by Gasteiger charge is -2.29. The average molecular weight is 342 g/mol. The monoisotopic (exact) mass is 342 g/mol. The smallest absolute Gasteiger partial charge is 0.137 e. The maximum Gasteiger partial charge on any atom is 0.137 e. The molecule has 0 spiro atoms. The van der Waals surface area contributed by atoms with Gasteiger partial charge in [0.05, 0.1) is 36.8 Å². The van der Waals surface area contributed by atoms with Crippen LogP contribution in [0.5, 0.6) is 5.75 Å². The first-order valence-corrected chi connectivity index (χ1v) is 7.64. The van der Waals surface area contributed by atoms with Crippen molar-refractivity contribution in [3.8, 4) is 17.0 Å². The zero-order valence-electron chi connectivity index (χ0n) is 14.0. The van der Waals surface area contributed by atoms with Gasteiger partial charge in [-0.1, -0.05) is 6.08 Å². The first-order valence-electron chi connectivity index (χ1n) is 7.64. The highest BCUT2D eigenvalue weighted by Gasteiger charge is 2.31. The third-order valence-corrected chi connectivity index (χ3v) is 4.13. The number of benzene rings is 1. The van der Waals surface area contributed by atoms with Crippen LogP contribution in [0.3, 0.4) is 0 Å². The quantitative estimate of drug-likeness (QED) is 0.884. The lowest BCUT2D eigenvalue weighted by molar-refractivity contribution is 0.292. The third kappa shape index (κ3) is 3.18. The van der Waals surface area contributed by atoms with Crippen LogP contribution in [0.25, 0.3) is 11.3 Å². The van der Waals surface area contributed by atoms with E-state index in [-0.39, 0.29) is 5.82 Å². The molecule has 4 N–H and O–H groups in total. The predicted octanol–water partition coefficient (Wildman–Crippen LogP) is 2.22.